The maximum Gasteiger partial charge on any atom is 0.289 e. The number of furan rings is 1. The summed E-state index contributed by atoms with van der Waals surface area (Å²) in [5.74, 6) is 0.0378. The lowest BCUT2D eigenvalue weighted by Crippen LogP contribution is -2.45. The minimum Gasteiger partial charge on any atom is -0.459 e. The van der Waals surface area contributed by atoms with Gasteiger partial charge in [-0.25, -0.2) is 0 Å². The number of aliphatic hydroxyl groups is 1. The molecular formula is C14H20N2O4. The van der Waals surface area contributed by atoms with Gasteiger partial charge >= 0.3 is 0 Å². The third kappa shape index (κ3) is 2.85. The van der Waals surface area contributed by atoms with E-state index in [1.165, 1.54) is 11.2 Å². The van der Waals surface area contributed by atoms with E-state index in [1.807, 2.05) is 6.92 Å². The molecule has 0 aromatic carbocycles. The molecule has 1 fully saturated rings. The Labute approximate surface area is 118 Å². The molecule has 0 bridgehead atoms. The maximum atomic E-state index is 12.2. The van der Waals surface area contributed by atoms with E-state index in [-0.39, 0.29) is 42.7 Å². The van der Waals surface area contributed by atoms with Crippen LogP contribution < -0.4 is 0 Å². The van der Waals surface area contributed by atoms with Crippen molar-refractivity contribution in [3.05, 3.63) is 24.2 Å². The molecule has 0 aliphatic carbocycles. The van der Waals surface area contributed by atoms with E-state index in [9.17, 15) is 14.7 Å². The van der Waals surface area contributed by atoms with Crippen molar-refractivity contribution in [3.63, 3.8) is 0 Å². The van der Waals surface area contributed by atoms with E-state index >= 15 is 0 Å². The first-order valence-electron chi connectivity index (χ1n) is 6.74. The molecule has 1 aliphatic heterocycles. The summed E-state index contributed by atoms with van der Waals surface area (Å²) >= 11 is 0. The molecule has 20 heavy (non-hydrogen) atoms. The summed E-state index contributed by atoms with van der Waals surface area (Å²) in [4.78, 5) is 27.2. The Hall–Kier alpha value is -1.82. The predicted molar refractivity (Wildman–Crippen MR) is 72.0 cm³/mol. The van der Waals surface area contributed by atoms with Gasteiger partial charge in [0, 0.05) is 13.6 Å². The molecule has 2 heterocycles. The average molecular weight is 280 g/mol. The summed E-state index contributed by atoms with van der Waals surface area (Å²) in [5.41, 5.74) is 0. The van der Waals surface area contributed by atoms with E-state index in [4.69, 9.17) is 4.42 Å². The number of aliphatic hydroxyl groups excluding tert-OH is 1. The van der Waals surface area contributed by atoms with Gasteiger partial charge in [-0.1, -0.05) is 6.92 Å². The maximum absolute atomic E-state index is 12.2. The van der Waals surface area contributed by atoms with Gasteiger partial charge in [0.1, 0.15) is 0 Å². The van der Waals surface area contributed by atoms with Gasteiger partial charge in [-0.15, -0.1) is 0 Å². The van der Waals surface area contributed by atoms with Crippen molar-refractivity contribution in [2.75, 3.05) is 26.7 Å². The van der Waals surface area contributed by atoms with Gasteiger partial charge in [-0.2, -0.15) is 0 Å². The first-order valence-corrected chi connectivity index (χ1v) is 6.74. The van der Waals surface area contributed by atoms with Gasteiger partial charge in [-0.05, 0) is 24.5 Å². The Balaban J connectivity index is 1.96. The quantitative estimate of drug-likeness (QED) is 0.875. The normalized spacial score (nSPS) is 22.1. The summed E-state index contributed by atoms with van der Waals surface area (Å²) in [6, 6.07) is 3.06. The molecule has 1 N–H and O–H groups in total. The molecule has 2 atom stereocenters. The van der Waals surface area contributed by atoms with Gasteiger partial charge < -0.3 is 19.3 Å². The minimum atomic E-state index is -0.323. The van der Waals surface area contributed by atoms with Crippen LogP contribution in [0.4, 0.5) is 0 Å². The highest BCUT2D eigenvalue weighted by Gasteiger charge is 2.34. The largest absolute Gasteiger partial charge is 0.459 e. The molecule has 1 saturated heterocycles. The first-order chi connectivity index (χ1) is 9.54. The number of hydrogen-bond donors (Lipinski definition) is 1. The Morgan fingerprint density at radius 3 is 2.90 bits per heavy atom. The zero-order valence-corrected chi connectivity index (χ0v) is 11.8. The molecular weight excluding hydrogens is 260 g/mol. The number of hydrogen-bond acceptors (Lipinski definition) is 4. The Bertz CT molecular complexity index is 472. The lowest BCUT2D eigenvalue weighted by Gasteiger charge is -2.27. The lowest BCUT2D eigenvalue weighted by molar-refractivity contribution is -0.133. The monoisotopic (exact) mass is 280 g/mol. The lowest BCUT2D eigenvalue weighted by atomic mass is 10.0. The van der Waals surface area contributed by atoms with E-state index in [0.29, 0.717) is 6.54 Å². The molecule has 2 amide bonds. The van der Waals surface area contributed by atoms with Crippen LogP contribution in [0.2, 0.25) is 0 Å². The Kier molecular flexibility index (Phi) is 4.44. The second kappa shape index (κ2) is 6.09. The average Bonchev–Trinajstić information content (AvgIpc) is 3.06. The van der Waals surface area contributed by atoms with E-state index in [2.05, 4.69) is 0 Å². The van der Waals surface area contributed by atoms with Crippen molar-refractivity contribution >= 4 is 11.8 Å². The smallest absolute Gasteiger partial charge is 0.289 e. The van der Waals surface area contributed by atoms with Crippen LogP contribution >= 0.6 is 0 Å². The van der Waals surface area contributed by atoms with Crippen molar-refractivity contribution in [1.29, 1.82) is 0 Å². The van der Waals surface area contributed by atoms with E-state index in [1.54, 1.807) is 24.1 Å². The van der Waals surface area contributed by atoms with Crippen LogP contribution in [0.25, 0.3) is 0 Å². The number of rotatable bonds is 4. The summed E-state index contributed by atoms with van der Waals surface area (Å²) < 4.78 is 5.03. The number of nitrogens with zero attached hydrogens (tertiary/aromatic N) is 2. The Morgan fingerprint density at radius 1 is 1.55 bits per heavy atom. The summed E-state index contributed by atoms with van der Waals surface area (Å²) in [5, 5.41) is 9.36. The Morgan fingerprint density at radius 2 is 2.30 bits per heavy atom. The van der Waals surface area contributed by atoms with Crippen LogP contribution in [0.1, 0.15) is 23.9 Å². The molecule has 0 radical (unpaired) electrons. The van der Waals surface area contributed by atoms with Crippen LogP contribution in [0, 0.1) is 5.92 Å². The second-order valence-corrected chi connectivity index (χ2v) is 5.24. The van der Waals surface area contributed by atoms with E-state index < -0.39 is 0 Å². The predicted octanol–water partition coefficient (Wildman–Crippen LogP) is 0.581. The fourth-order valence-electron chi connectivity index (χ4n) is 2.55. The highest BCUT2D eigenvalue weighted by Crippen LogP contribution is 2.23. The number of carbonyl (C=O) groups is 2. The van der Waals surface area contributed by atoms with Crippen LogP contribution in [0.15, 0.2) is 22.8 Å². The topological polar surface area (TPSA) is 74.0 Å². The van der Waals surface area contributed by atoms with Crippen molar-refractivity contribution in [3.8, 4) is 0 Å². The van der Waals surface area contributed by atoms with Crippen LogP contribution in [-0.2, 0) is 4.79 Å². The van der Waals surface area contributed by atoms with Gasteiger partial charge in [0.05, 0.1) is 25.5 Å². The fourth-order valence-corrected chi connectivity index (χ4v) is 2.55. The van der Waals surface area contributed by atoms with Crippen molar-refractivity contribution in [1.82, 2.24) is 9.80 Å². The van der Waals surface area contributed by atoms with Crippen molar-refractivity contribution in [2.24, 2.45) is 5.92 Å². The molecule has 0 spiro atoms. The van der Waals surface area contributed by atoms with Gasteiger partial charge in [-0.3, -0.25) is 9.59 Å². The third-order valence-electron chi connectivity index (χ3n) is 3.84. The van der Waals surface area contributed by atoms with Gasteiger partial charge in [0.25, 0.3) is 5.91 Å². The molecule has 6 nitrogen and oxygen atoms in total. The molecule has 0 saturated carbocycles. The summed E-state index contributed by atoms with van der Waals surface area (Å²) in [6.07, 6.45) is 2.31. The molecule has 1 aromatic heterocycles. The highest BCUT2D eigenvalue weighted by molar-refractivity contribution is 5.94. The molecule has 1 aromatic rings. The number of likely N-dealkylation sites (tertiary alicyclic amines) is 1. The SMILES string of the molecule is CC1CCN(C(=O)CN(C)C(=O)c2ccco2)C1CO. The summed E-state index contributed by atoms with van der Waals surface area (Å²) in [6.45, 7) is 2.60. The fraction of sp³-hybridized carbons (Fsp3) is 0.571. The molecule has 6 heteroatoms. The number of likely N-dealkylation sites (N-methyl/N-ethyl adjacent to an activating group) is 1. The molecule has 2 unspecified atom stereocenters. The zero-order chi connectivity index (χ0) is 14.7. The second-order valence-electron chi connectivity index (χ2n) is 5.24. The van der Waals surface area contributed by atoms with Gasteiger partial charge in [0.2, 0.25) is 5.91 Å². The first kappa shape index (κ1) is 14.6. The van der Waals surface area contributed by atoms with Crippen molar-refractivity contribution < 1.29 is 19.1 Å². The van der Waals surface area contributed by atoms with Gasteiger partial charge in [0.15, 0.2) is 5.76 Å². The zero-order valence-electron chi connectivity index (χ0n) is 11.8. The van der Waals surface area contributed by atoms with E-state index in [0.717, 1.165) is 6.42 Å². The van der Waals surface area contributed by atoms with Crippen LogP contribution in [0.5, 0.6) is 0 Å². The number of carbonyl (C=O) groups excluding carboxylic acids is 2. The standard InChI is InChI=1S/C14H20N2O4/c1-10-5-6-16(11(10)9-17)13(18)8-15(2)14(19)12-4-3-7-20-12/h3-4,7,10-11,17H,5-6,8-9H2,1-2H3. The highest BCUT2D eigenvalue weighted by atomic mass is 16.3. The molecule has 2 rings (SSSR count). The molecule has 1 aliphatic rings. The van der Waals surface area contributed by atoms with Crippen LogP contribution in [-0.4, -0.2) is 59.5 Å². The summed E-state index contributed by atoms with van der Waals surface area (Å²) in [7, 11) is 1.57. The molecule has 110 valence electrons. The van der Waals surface area contributed by atoms with Crippen molar-refractivity contribution in [2.45, 2.75) is 19.4 Å². The minimum absolute atomic E-state index is 0.0112. The number of amides is 2. The third-order valence-corrected chi connectivity index (χ3v) is 3.84. The van der Waals surface area contributed by atoms with Crippen LogP contribution in [0.3, 0.4) is 0 Å².